The zero-order valence-electron chi connectivity index (χ0n) is 13.4. The molecular weight excluding hydrogens is 300 g/mol. The first-order chi connectivity index (χ1) is 11.1. The summed E-state index contributed by atoms with van der Waals surface area (Å²) in [6, 6.07) is 6.54. The third kappa shape index (κ3) is 7.30. The van der Waals surface area contributed by atoms with Crippen LogP contribution in [0.1, 0.15) is 30.1 Å². The van der Waals surface area contributed by atoms with Gasteiger partial charge in [-0.2, -0.15) is 0 Å². The fraction of sp³-hybridized carbons (Fsp3) is 0.438. The quantitative estimate of drug-likeness (QED) is 0.520. The molecule has 0 aliphatic rings. The SMILES string of the molecule is CCCCNC(=O)COC(=O)CNC(=O)c1cccc(OC)c1. The summed E-state index contributed by atoms with van der Waals surface area (Å²) in [7, 11) is 1.50. The van der Waals surface area contributed by atoms with Gasteiger partial charge in [-0.05, 0) is 24.6 Å². The Balaban J connectivity index is 2.29. The average Bonchev–Trinajstić information content (AvgIpc) is 2.58. The van der Waals surface area contributed by atoms with Crippen LogP contribution in [0.3, 0.4) is 0 Å². The molecule has 1 rings (SSSR count). The van der Waals surface area contributed by atoms with Gasteiger partial charge in [0.25, 0.3) is 11.8 Å². The number of ether oxygens (including phenoxy) is 2. The first-order valence-electron chi connectivity index (χ1n) is 7.41. The molecule has 7 heteroatoms. The second-order valence-corrected chi connectivity index (χ2v) is 4.78. The van der Waals surface area contributed by atoms with Crippen molar-refractivity contribution in [2.45, 2.75) is 19.8 Å². The highest BCUT2D eigenvalue weighted by Crippen LogP contribution is 2.12. The number of hydrogen-bond donors (Lipinski definition) is 2. The number of carbonyl (C=O) groups is 3. The molecule has 126 valence electrons. The van der Waals surface area contributed by atoms with Gasteiger partial charge in [0, 0.05) is 12.1 Å². The molecule has 2 N–H and O–H groups in total. The smallest absolute Gasteiger partial charge is 0.325 e. The number of carbonyl (C=O) groups excluding carboxylic acids is 3. The molecular formula is C16H22N2O5. The second kappa shape index (κ2) is 10.2. The predicted octanol–water partition coefficient (Wildman–Crippen LogP) is 0.885. The molecule has 0 radical (unpaired) electrons. The summed E-state index contributed by atoms with van der Waals surface area (Å²) in [6.07, 6.45) is 1.84. The van der Waals surface area contributed by atoms with E-state index in [1.165, 1.54) is 7.11 Å². The molecule has 23 heavy (non-hydrogen) atoms. The standard InChI is InChI=1S/C16H22N2O5/c1-3-4-8-17-14(19)11-23-15(20)10-18-16(21)12-6-5-7-13(9-12)22-2/h5-7,9H,3-4,8,10-11H2,1-2H3,(H,17,19)(H,18,21). The second-order valence-electron chi connectivity index (χ2n) is 4.78. The number of rotatable bonds is 9. The zero-order chi connectivity index (χ0) is 17.1. The van der Waals surface area contributed by atoms with Gasteiger partial charge in [0.05, 0.1) is 7.11 Å². The number of unbranched alkanes of at least 4 members (excludes halogenated alkanes) is 1. The molecule has 0 spiro atoms. The monoisotopic (exact) mass is 322 g/mol. The summed E-state index contributed by atoms with van der Waals surface area (Å²) in [5, 5.41) is 5.05. The normalized spacial score (nSPS) is 9.83. The van der Waals surface area contributed by atoms with Gasteiger partial charge in [-0.25, -0.2) is 0 Å². The Morgan fingerprint density at radius 2 is 1.96 bits per heavy atom. The summed E-state index contributed by atoms with van der Waals surface area (Å²) >= 11 is 0. The molecule has 0 saturated heterocycles. The fourth-order valence-corrected chi connectivity index (χ4v) is 1.67. The molecule has 7 nitrogen and oxygen atoms in total. The lowest BCUT2D eigenvalue weighted by molar-refractivity contribution is -0.147. The van der Waals surface area contributed by atoms with Crippen LogP contribution in [0.25, 0.3) is 0 Å². The number of methoxy groups -OCH3 is 1. The van der Waals surface area contributed by atoms with Crippen molar-refractivity contribution in [2.75, 3.05) is 26.8 Å². The molecule has 1 aromatic carbocycles. The third-order valence-electron chi connectivity index (χ3n) is 2.94. The Morgan fingerprint density at radius 3 is 2.65 bits per heavy atom. The van der Waals surface area contributed by atoms with Crippen molar-refractivity contribution in [1.29, 1.82) is 0 Å². The summed E-state index contributed by atoms with van der Waals surface area (Å²) in [5.74, 6) is -0.907. The van der Waals surface area contributed by atoms with Crippen molar-refractivity contribution in [1.82, 2.24) is 10.6 Å². The Morgan fingerprint density at radius 1 is 1.17 bits per heavy atom. The Kier molecular flexibility index (Phi) is 8.20. The summed E-state index contributed by atoms with van der Waals surface area (Å²) in [4.78, 5) is 34.7. The van der Waals surface area contributed by atoms with Crippen LogP contribution in [-0.4, -0.2) is 44.6 Å². The minimum absolute atomic E-state index is 0.307. The van der Waals surface area contributed by atoms with Gasteiger partial charge >= 0.3 is 5.97 Å². The maximum Gasteiger partial charge on any atom is 0.325 e. The van der Waals surface area contributed by atoms with Crippen molar-refractivity contribution in [3.05, 3.63) is 29.8 Å². The number of amides is 2. The topological polar surface area (TPSA) is 93.7 Å². The van der Waals surface area contributed by atoms with Crippen molar-refractivity contribution < 1.29 is 23.9 Å². The maximum atomic E-state index is 11.9. The predicted molar refractivity (Wildman–Crippen MR) is 84.2 cm³/mol. The number of esters is 1. The van der Waals surface area contributed by atoms with Crippen LogP contribution >= 0.6 is 0 Å². The molecule has 0 bridgehead atoms. The van der Waals surface area contributed by atoms with Crippen LogP contribution in [0.2, 0.25) is 0 Å². The lowest BCUT2D eigenvalue weighted by atomic mass is 10.2. The molecule has 0 saturated carbocycles. The first kappa shape index (κ1) is 18.5. The molecule has 0 fully saturated rings. The van der Waals surface area contributed by atoms with Gasteiger partial charge in [-0.15, -0.1) is 0 Å². The number of nitrogens with one attached hydrogen (secondary N) is 2. The van der Waals surface area contributed by atoms with E-state index in [-0.39, 0.29) is 19.1 Å². The molecule has 0 atom stereocenters. The van der Waals surface area contributed by atoms with Crippen LogP contribution < -0.4 is 15.4 Å². The van der Waals surface area contributed by atoms with Crippen LogP contribution in [0.15, 0.2) is 24.3 Å². The molecule has 2 amide bonds. The van der Waals surface area contributed by atoms with Gasteiger partial charge in [-0.3, -0.25) is 14.4 Å². The van der Waals surface area contributed by atoms with E-state index in [9.17, 15) is 14.4 Å². The van der Waals surface area contributed by atoms with E-state index in [1.54, 1.807) is 24.3 Å². The minimum Gasteiger partial charge on any atom is -0.497 e. The highest BCUT2D eigenvalue weighted by atomic mass is 16.5. The highest BCUT2D eigenvalue weighted by molar-refractivity contribution is 5.96. The van der Waals surface area contributed by atoms with E-state index in [0.29, 0.717) is 17.9 Å². The molecule has 0 aliphatic heterocycles. The summed E-state index contributed by atoms with van der Waals surface area (Å²) in [6.45, 7) is 1.91. The Hall–Kier alpha value is -2.57. The van der Waals surface area contributed by atoms with Crippen LogP contribution in [0, 0.1) is 0 Å². The van der Waals surface area contributed by atoms with E-state index in [4.69, 9.17) is 9.47 Å². The Bertz CT molecular complexity index is 545. The van der Waals surface area contributed by atoms with Crippen molar-refractivity contribution in [3.8, 4) is 5.75 Å². The van der Waals surface area contributed by atoms with Crippen molar-refractivity contribution in [3.63, 3.8) is 0 Å². The Labute approximate surface area is 135 Å². The van der Waals surface area contributed by atoms with E-state index in [1.807, 2.05) is 6.92 Å². The molecule has 0 heterocycles. The first-order valence-corrected chi connectivity index (χ1v) is 7.41. The number of hydrogen-bond acceptors (Lipinski definition) is 5. The van der Waals surface area contributed by atoms with Crippen LogP contribution in [0.5, 0.6) is 5.75 Å². The third-order valence-corrected chi connectivity index (χ3v) is 2.94. The maximum absolute atomic E-state index is 11.9. The lowest BCUT2D eigenvalue weighted by Crippen LogP contribution is -2.34. The molecule has 0 aliphatic carbocycles. The van der Waals surface area contributed by atoms with Gasteiger partial charge in [0.2, 0.25) is 0 Å². The van der Waals surface area contributed by atoms with E-state index < -0.39 is 11.9 Å². The zero-order valence-corrected chi connectivity index (χ0v) is 13.4. The van der Waals surface area contributed by atoms with E-state index >= 15 is 0 Å². The van der Waals surface area contributed by atoms with Crippen molar-refractivity contribution in [2.24, 2.45) is 0 Å². The highest BCUT2D eigenvalue weighted by Gasteiger charge is 2.11. The van der Waals surface area contributed by atoms with Crippen LogP contribution in [0.4, 0.5) is 0 Å². The molecule has 0 unspecified atom stereocenters. The van der Waals surface area contributed by atoms with Gasteiger partial charge < -0.3 is 20.1 Å². The van der Waals surface area contributed by atoms with Gasteiger partial charge in [0.15, 0.2) is 6.61 Å². The van der Waals surface area contributed by atoms with Crippen LogP contribution in [-0.2, 0) is 14.3 Å². The van der Waals surface area contributed by atoms with Gasteiger partial charge in [-0.1, -0.05) is 19.4 Å². The van der Waals surface area contributed by atoms with Gasteiger partial charge in [0.1, 0.15) is 12.3 Å². The summed E-state index contributed by atoms with van der Waals surface area (Å²) in [5.41, 5.74) is 0.370. The molecule has 0 aromatic heterocycles. The van der Waals surface area contributed by atoms with E-state index in [2.05, 4.69) is 10.6 Å². The average molecular weight is 322 g/mol. The van der Waals surface area contributed by atoms with E-state index in [0.717, 1.165) is 12.8 Å². The largest absolute Gasteiger partial charge is 0.497 e. The summed E-state index contributed by atoms with van der Waals surface area (Å²) < 4.78 is 9.80. The fourth-order valence-electron chi connectivity index (χ4n) is 1.67. The van der Waals surface area contributed by atoms with Crippen molar-refractivity contribution >= 4 is 17.8 Å². The number of benzene rings is 1. The lowest BCUT2D eigenvalue weighted by Gasteiger charge is -2.08. The molecule has 1 aromatic rings. The minimum atomic E-state index is -0.674.